The van der Waals surface area contributed by atoms with Gasteiger partial charge in [0, 0.05) is 62.4 Å². The number of rotatable bonds is 10. The summed E-state index contributed by atoms with van der Waals surface area (Å²) >= 11 is 0. The van der Waals surface area contributed by atoms with Gasteiger partial charge in [0.1, 0.15) is 0 Å². The third-order valence-corrected chi connectivity index (χ3v) is 6.76. The monoisotopic (exact) mass is 479 g/mol. The molecule has 1 aromatic heterocycles. The number of piperidine rings is 1. The van der Waals surface area contributed by atoms with Crippen molar-refractivity contribution in [3.05, 3.63) is 60.5 Å². The number of carbonyl (C=O) groups is 2. The highest BCUT2D eigenvalue weighted by molar-refractivity contribution is 6.08. The summed E-state index contributed by atoms with van der Waals surface area (Å²) in [6.07, 6.45) is 10.6. The number of aliphatic hydroxyl groups is 2. The molecular formula is C26H33N5O4. The lowest BCUT2D eigenvalue weighted by molar-refractivity contribution is -0.139. The van der Waals surface area contributed by atoms with Crippen molar-refractivity contribution in [2.24, 2.45) is 5.92 Å². The summed E-state index contributed by atoms with van der Waals surface area (Å²) in [5, 5.41) is 28.9. The van der Waals surface area contributed by atoms with Crippen molar-refractivity contribution in [3.8, 4) is 0 Å². The molecule has 35 heavy (non-hydrogen) atoms. The molecule has 186 valence electrons. The molecule has 2 amide bonds. The molecule has 2 aliphatic rings. The Morgan fingerprint density at radius 3 is 2.86 bits per heavy atom. The molecular weight excluding hydrogens is 446 g/mol. The number of fused-ring (bicyclic) bond motifs is 1. The van der Waals surface area contributed by atoms with Crippen LogP contribution in [0.1, 0.15) is 43.9 Å². The van der Waals surface area contributed by atoms with Crippen LogP contribution in [0.3, 0.4) is 0 Å². The zero-order valence-corrected chi connectivity index (χ0v) is 20.1. The van der Waals surface area contributed by atoms with E-state index in [4.69, 9.17) is 5.11 Å². The van der Waals surface area contributed by atoms with Crippen LogP contribution in [-0.2, 0) is 28.2 Å². The molecule has 0 unspecified atom stereocenters. The summed E-state index contributed by atoms with van der Waals surface area (Å²) in [7, 11) is 0. The maximum Gasteiger partial charge on any atom is 0.264 e. The number of hydrogen-bond acceptors (Lipinski definition) is 6. The number of amides is 2. The van der Waals surface area contributed by atoms with Gasteiger partial charge in [0.15, 0.2) is 5.60 Å². The van der Waals surface area contributed by atoms with Crippen LogP contribution >= 0.6 is 0 Å². The molecule has 9 heteroatoms. The molecule has 9 nitrogen and oxygen atoms in total. The molecule has 1 fully saturated rings. The van der Waals surface area contributed by atoms with Gasteiger partial charge in [-0.2, -0.15) is 0 Å². The number of carbonyl (C=O) groups excluding carboxylic acids is 2. The Labute approximate surface area is 205 Å². The van der Waals surface area contributed by atoms with Gasteiger partial charge in [0.05, 0.1) is 11.4 Å². The molecule has 4 rings (SSSR count). The largest absolute Gasteiger partial charge is 0.396 e. The van der Waals surface area contributed by atoms with Crippen molar-refractivity contribution in [2.75, 3.05) is 29.5 Å². The van der Waals surface area contributed by atoms with Crippen LogP contribution in [0.25, 0.3) is 0 Å². The topological polar surface area (TPSA) is 112 Å². The minimum atomic E-state index is -1.74. The normalized spacial score (nSPS) is 21.1. The summed E-state index contributed by atoms with van der Waals surface area (Å²) < 4.78 is 1.71. The SMILES string of the molecule is C=CCN1C(=O)[C@@](O)([C@@H](C)/C=C/CCn2cc(CCO)nn2)c2cc(N3CCCCC3=O)ccc21. The first-order valence-electron chi connectivity index (χ1n) is 12.2. The summed E-state index contributed by atoms with van der Waals surface area (Å²) in [4.78, 5) is 29.2. The van der Waals surface area contributed by atoms with E-state index in [-0.39, 0.29) is 19.1 Å². The van der Waals surface area contributed by atoms with E-state index in [1.165, 1.54) is 0 Å². The molecule has 1 aromatic carbocycles. The average molecular weight is 480 g/mol. The van der Waals surface area contributed by atoms with Crippen LogP contribution in [0, 0.1) is 5.92 Å². The lowest BCUT2D eigenvalue weighted by atomic mass is 9.82. The first-order valence-corrected chi connectivity index (χ1v) is 12.2. The van der Waals surface area contributed by atoms with E-state index < -0.39 is 17.4 Å². The predicted octanol–water partition coefficient (Wildman–Crippen LogP) is 2.33. The summed E-state index contributed by atoms with van der Waals surface area (Å²) in [5.41, 5.74) is 0.858. The van der Waals surface area contributed by atoms with Crippen LogP contribution in [0.15, 0.2) is 49.2 Å². The van der Waals surface area contributed by atoms with Crippen molar-refractivity contribution in [2.45, 2.75) is 51.2 Å². The van der Waals surface area contributed by atoms with Gasteiger partial charge >= 0.3 is 0 Å². The maximum absolute atomic E-state index is 13.5. The van der Waals surface area contributed by atoms with Crippen molar-refractivity contribution in [1.82, 2.24) is 15.0 Å². The first kappa shape index (κ1) is 24.8. The van der Waals surface area contributed by atoms with Crippen LogP contribution in [0.2, 0.25) is 0 Å². The Kier molecular flexibility index (Phi) is 7.47. The van der Waals surface area contributed by atoms with Crippen molar-refractivity contribution >= 4 is 23.2 Å². The van der Waals surface area contributed by atoms with Crippen LogP contribution in [0.4, 0.5) is 11.4 Å². The number of aromatic nitrogens is 3. The number of anilines is 2. The molecule has 2 aromatic rings. The first-order chi connectivity index (χ1) is 16.9. The standard InChI is InChI=1S/C26H33N5O4/c1-3-13-31-23-11-10-21(30-15-7-5-9-24(30)33)17-22(23)26(35,25(31)34)19(2)8-4-6-14-29-18-20(12-16-32)27-28-29/h3-4,8,10-11,17-19,32,35H,1,5-7,9,12-16H2,2H3/b8-4+/t19-,26+/m0/s1. The second kappa shape index (κ2) is 10.5. The van der Waals surface area contributed by atoms with Gasteiger partial charge in [-0.05, 0) is 37.5 Å². The minimum Gasteiger partial charge on any atom is -0.396 e. The van der Waals surface area contributed by atoms with Gasteiger partial charge in [0.2, 0.25) is 5.91 Å². The highest BCUT2D eigenvalue weighted by Crippen LogP contribution is 2.46. The average Bonchev–Trinajstić information content (AvgIpc) is 3.39. The van der Waals surface area contributed by atoms with Crippen molar-refractivity contribution < 1.29 is 19.8 Å². The van der Waals surface area contributed by atoms with E-state index >= 15 is 0 Å². The molecule has 2 atom stereocenters. The molecule has 0 aliphatic carbocycles. The van der Waals surface area contributed by atoms with Gasteiger partial charge in [-0.25, -0.2) is 0 Å². The van der Waals surface area contributed by atoms with Crippen molar-refractivity contribution in [1.29, 1.82) is 0 Å². The number of aliphatic hydroxyl groups excluding tert-OH is 1. The van der Waals surface area contributed by atoms with E-state index in [0.717, 1.165) is 18.5 Å². The molecule has 0 radical (unpaired) electrons. The smallest absolute Gasteiger partial charge is 0.264 e. The molecule has 3 heterocycles. The van der Waals surface area contributed by atoms with Gasteiger partial charge in [-0.15, -0.1) is 11.7 Å². The predicted molar refractivity (Wildman–Crippen MR) is 133 cm³/mol. The molecule has 2 N–H and O–H groups in total. The second-order valence-electron chi connectivity index (χ2n) is 9.13. The fourth-order valence-electron chi connectivity index (χ4n) is 4.82. The minimum absolute atomic E-state index is 0.0285. The number of hydrogen-bond donors (Lipinski definition) is 2. The van der Waals surface area contributed by atoms with E-state index in [9.17, 15) is 14.7 Å². The summed E-state index contributed by atoms with van der Waals surface area (Å²) in [6.45, 7) is 7.12. The van der Waals surface area contributed by atoms with E-state index in [1.54, 1.807) is 32.8 Å². The maximum atomic E-state index is 13.5. The fourth-order valence-corrected chi connectivity index (χ4v) is 4.82. The fraction of sp³-hybridized carbons (Fsp3) is 0.462. The lowest BCUT2D eigenvalue weighted by Gasteiger charge is -2.30. The zero-order chi connectivity index (χ0) is 25.0. The Hall–Kier alpha value is -3.30. The highest BCUT2D eigenvalue weighted by Gasteiger charge is 2.52. The molecule has 1 saturated heterocycles. The third kappa shape index (κ3) is 4.78. The van der Waals surface area contributed by atoms with Gasteiger partial charge < -0.3 is 20.0 Å². The van der Waals surface area contributed by atoms with Gasteiger partial charge in [0.25, 0.3) is 5.91 Å². The molecule has 0 spiro atoms. The van der Waals surface area contributed by atoms with E-state index in [0.29, 0.717) is 49.3 Å². The number of allylic oxidation sites excluding steroid dienone is 1. The Morgan fingerprint density at radius 2 is 2.11 bits per heavy atom. The van der Waals surface area contributed by atoms with Crippen molar-refractivity contribution in [3.63, 3.8) is 0 Å². The summed E-state index contributed by atoms with van der Waals surface area (Å²) in [6, 6.07) is 5.46. The highest BCUT2D eigenvalue weighted by atomic mass is 16.3. The van der Waals surface area contributed by atoms with E-state index in [2.05, 4.69) is 16.9 Å². The Bertz CT molecular complexity index is 1130. The van der Waals surface area contributed by atoms with Crippen LogP contribution < -0.4 is 9.80 Å². The molecule has 0 bridgehead atoms. The summed E-state index contributed by atoms with van der Waals surface area (Å²) in [5.74, 6) is -0.830. The second-order valence-corrected chi connectivity index (χ2v) is 9.13. The van der Waals surface area contributed by atoms with Crippen LogP contribution in [0.5, 0.6) is 0 Å². The van der Waals surface area contributed by atoms with Gasteiger partial charge in [-0.1, -0.05) is 30.4 Å². The Morgan fingerprint density at radius 1 is 1.29 bits per heavy atom. The third-order valence-electron chi connectivity index (χ3n) is 6.76. The molecule has 2 aliphatic heterocycles. The number of nitrogens with zero attached hydrogens (tertiary/aromatic N) is 5. The van der Waals surface area contributed by atoms with Crippen LogP contribution in [-0.4, -0.2) is 56.7 Å². The lowest BCUT2D eigenvalue weighted by Crippen LogP contribution is -2.44. The number of benzene rings is 1. The zero-order valence-electron chi connectivity index (χ0n) is 20.1. The van der Waals surface area contributed by atoms with Gasteiger partial charge in [-0.3, -0.25) is 14.3 Å². The van der Waals surface area contributed by atoms with E-state index in [1.807, 2.05) is 31.2 Å². The number of aryl methyl sites for hydroxylation is 1. The quantitative estimate of drug-likeness (QED) is 0.506. The molecule has 0 saturated carbocycles. The Balaban J connectivity index is 1.56.